The van der Waals surface area contributed by atoms with Crippen LogP contribution in [-0.4, -0.2) is 28.8 Å². The fourth-order valence-electron chi connectivity index (χ4n) is 3.69. The molecule has 1 heterocycles. The molecule has 29 heavy (non-hydrogen) atoms. The van der Waals surface area contributed by atoms with E-state index in [1.807, 2.05) is 24.0 Å². The number of halogens is 1. The van der Waals surface area contributed by atoms with E-state index in [1.54, 1.807) is 6.20 Å². The largest absolute Gasteiger partial charge is 0.353 e. The molecule has 0 saturated heterocycles. The number of rotatable bonds is 5. The average molecular weight is 501 g/mol. The maximum atomic E-state index is 4.43. The Morgan fingerprint density at radius 1 is 1.17 bits per heavy atom. The predicted molar refractivity (Wildman–Crippen MR) is 129 cm³/mol. The second kappa shape index (κ2) is 9.43. The average Bonchev–Trinajstić information content (AvgIpc) is 3.25. The minimum absolute atomic E-state index is 0. The van der Waals surface area contributed by atoms with Crippen LogP contribution in [0.15, 0.2) is 72.0 Å². The Morgan fingerprint density at radius 3 is 2.72 bits per heavy atom. The third-order valence-corrected chi connectivity index (χ3v) is 5.42. The number of benzene rings is 2. The molecule has 1 saturated carbocycles. The maximum Gasteiger partial charge on any atom is 0.191 e. The van der Waals surface area contributed by atoms with Crippen LogP contribution in [0.4, 0.5) is 0 Å². The van der Waals surface area contributed by atoms with Gasteiger partial charge in [-0.3, -0.25) is 4.99 Å². The topological polar surface area (TPSA) is 54.2 Å². The number of aryl methyl sites for hydroxylation is 1. The summed E-state index contributed by atoms with van der Waals surface area (Å²) < 4.78 is 1.88. The molecule has 3 atom stereocenters. The van der Waals surface area contributed by atoms with Crippen molar-refractivity contribution in [3.8, 4) is 5.69 Å². The van der Waals surface area contributed by atoms with Crippen molar-refractivity contribution in [2.45, 2.75) is 38.3 Å². The minimum Gasteiger partial charge on any atom is -0.353 e. The highest BCUT2D eigenvalue weighted by molar-refractivity contribution is 14.0. The van der Waals surface area contributed by atoms with E-state index in [4.69, 9.17) is 0 Å². The van der Waals surface area contributed by atoms with Crippen molar-refractivity contribution in [2.75, 3.05) is 7.05 Å². The van der Waals surface area contributed by atoms with Crippen molar-refractivity contribution >= 4 is 29.9 Å². The van der Waals surface area contributed by atoms with Gasteiger partial charge in [0.25, 0.3) is 0 Å². The molecule has 1 fully saturated rings. The highest BCUT2D eigenvalue weighted by Gasteiger charge is 2.39. The van der Waals surface area contributed by atoms with E-state index >= 15 is 0 Å². The van der Waals surface area contributed by atoms with Crippen LogP contribution in [0.25, 0.3) is 5.69 Å². The van der Waals surface area contributed by atoms with Gasteiger partial charge in [0.15, 0.2) is 5.96 Å². The van der Waals surface area contributed by atoms with Crippen molar-refractivity contribution in [2.24, 2.45) is 4.99 Å². The number of hydrogen-bond acceptors (Lipinski definition) is 2. The summed E-state index contributed by atoms with van der Waals surface area (Å²) in [5, 5.41) is 11.4. The van der Waals surface area contributed by atoms with Gasteiger partial charge in [0.1, 0.15) is 0 Å². The Hall–Kier alpha value is -2.35. The van der Waals surface area contributed by atoms with Gasteiger partial charge in [-0.05, 0) is 55.2 Å². The standard InChI is InChI=1S/C23H27N5.HI/c1-16-8-4-5-11-20(16)21-15-22(21)27-23(24-3)26-17(2)18-9-6-10-19(14-18)28-13-7-12-25-28;/h4-14,17,21-22H,15H2,1-3H3,(H2,24,26,27);1H. The Labute approximate surface area is 189 Å². The van der Waals surface area contributed by atoms with Gasteiger partial charge in [-0.2, -0.15) is 5.10 Å². The molecule has 5 nitrogen and oxygen atoms in total. The van der Waals surface area contributed by atoms with Crippen molar-refractivity contribution in [3.63, 3.8) is 0 Å². The molecule has 1 aromatic heterocycles. The third-order valence-electron chi connectivity index (χ3n) is 5.42. The van der Waals surface area contributed by atoms with Crippen molar-refractivity contribution in [1.82, 2.24) is 20.4 Å². The van der Waals surface area contributed by atoms with Crippen LogP contribution in [0, 0.1) is 6.92 Å². The summed E-state index contributed by atoms with van der Waals surface area (Å²) in [7, 11) is 1.83. The molecule has 1 aliphatic rings. The normalized spacial score (nSPS) is 19.2. The number of nitrogens with one attached hydrogen (secondary N) is 2. The van der Waals surface area contributed by atoms with Gasteiger partial charge in [0.2, 0.25) is 0 Å². The summed E-state index contributed by atoms with van der Waals surface area (Å²) in [6.45, 7) is 4.34. The number of guanidine groups is 1. The summed E-state index contributed by atoms with van der Waals surface area (Å²) in [6, 6.07) is 19.6. The Balaban J connectivity index is 0.00000240. The maximum absolute atomic E-state index is 4.43. The zero-order chi connectivity index (χ0) is 19.5. The molecule has 1 aliphatic carbocycles. The lowest BCUT2D eigenvalue weighted by Gasteiger charge is -2.19. The molecule has 0 amide bonds. The van der Waals surface area contributed by atoms with E-state index in [1.165, 1.54) is 16.7 Å². The zero-order valence-electron chi connectivity index (χ0n) is 17.0. The van der Waals surface area contributed by atoms with Gasteiger partial charge in [-0.15, -0.1) is 24.0 Å². The predicted octanol–water partition coefficient (Wildman–Crippen LogP) is 4.58. The molecule has 2 aromatic carbocycles. The van der Waals surface area contributed by atoms with E-state index in [0.29, 0.717) is 12.0 Å². The van der Waals surface area contributed by atoms with E-state index in [-0.39, 0.29) is 30.0 Å². The third kappa shape index (κ3) is 4.98. The molecule has 0 radical (unpaired) electrons. The SMILES string of the molecule is CN=C(NC(C)c1cccc(-n2cccn2)c1)NC1CC1c1ccccc1C.I. The molecule has 0 spiro atoms. The lowest BCUT2D eigenvalue weighted by atomic mass is 10.0. The zero-order valence-corrected chi connectivity index (χ0v) is 19.4. The van der Waals surface area contributed by atoms with E-state index < -0.39 is 0 Å². The smallest absolute Gasteiger partial charge is 0.191 e. The van der Waals surface area contributed by atoms with Gasteiger partial charge in [0, 0.05) is 31.4 Å². The first-order valence-corrected chi connectivity index (χ1v) is 9.81. The number of nitrogens with zero attached hydrogens (tertiary/aromatic N) is 3. The number of aromatic nitrogens is 2. The van der Waals surface area contributed by atoms with Gasteiger partial charge in [0.05, 0.1) is 11.7 Å². The van der Waals surface area contributed by atoms with Gasteiger partial charge in [-0.1, -0.05) is 36.4 Å². The molecule has 3 unspecified atom stereocenters. The van der Waals surface area contributed by atoms with E-state index in [2.05, 4.69) is 83.1 Å². The monoisotopic (exact) mass is 501 g/mol. The Bertz CT molecular complexity index is 967. The second-order valence-electron chi connectivity index (χ2n) is 7.43. The summed E-state index contributed by atoms with van der Waals surface area (Å²) >= 11 is 0. The van der Waals surface area contributed by atoms with Gasteiger partial charge < -0.3 is 10.6 Å². The Kier molecular flexibility index (Phi) is 6.95. The molecular weight excluding hydrogens is 473 g/mol. The fraction of sp³-hybridized carbons (Fsp3) is 0.304. The minimum atomic E-state index is 0. The quantitative estimate of drug-likeness (QED) is 0.306. The van der Waals surface area contributed by atoms with Gasteiger partial charge in [-0.25, -0.2) is 4.68 Å². The first kappa shape index (κ1) is 21.4. The lowest BCUT2D eigenvalue weighted by molar-refractivity contribution is 0.680. The van der Waals surface area contributed by atoms with Crippen LogP contribution in [-0.2, 0) is 0 Å². The summed E-state index contributed by atoms with van der Waals surface area (Å²) in [5.41, 5.74) is 5.06. The first-order valence-electron chi connectivity index (χ1n) is 9.81. The molecule has 3 aromatic rings. The second-order valence-corrected chi connectivity index (χ2v) is 7.43. The fourth-order valence-corrected chi connectivity index (χ4v) is 3.69. The molecule has 0 aliphatic heterocycles. The van der Waals surface area contributed by atoms with Crippen molar-refractivity contribution in [1.29, 1.82) is 0 Å². The van der Waals surface area contributed by atoms with Crippen LogP contribution in [0.2, 0.25) is 0 Å². The van der Waals surface area contributed by atoms with E-state index in [0.717, 1.165) is 18.1 Å². The summed E-state index contributed by atoms with van der Waals surface area (Å²) in [4.78, 5) is 4.43. The molecular formula is C23H28IN5. The summed E-state index contributed by atoms with van der Waals surface area (Å²) in [5.74, 6) is 1.41. The van der Waals surface area contributed by atoms with Crippen molar-refractivity contribution in [3.05, 3.63) is 83.7 Å². The molecule has 2 N–H and O–H groups in total. The Morgan fingerprint density at radius 2 is 2.00 bits per heavy atom. The summed E-state index contributed by atoms with van der Waals surface area (Å²) in [6.07, 6.45) is 4.89. The van der Waals surface area contributed by atoms with Crippen LogP contribution >= 0.6 is 24.0 Å². The first-order chi connectivity index (χ1) is 13.7. The van der Waals surface area contributed by atoms with Crippen molar-refractivity contribution < 1.29 is 0 Å². The highest BCUT2D eigenvalue weighted by Crippen LogP contribution is 2.42. The van der Waals surface area contributed by atoms with Crippen LogP contribution in [0.3, 0.4) is 0 Å². The molecule has 6 heteroatoms. The van der Waals surface area contributed by atoms with E-state index in [9.17, 15) is 0 Å². The molecule has 152 valence electrons. The lowest BCUT2D eigenvalue weighted by Crippen LogP contribution is -2.40. The van der Waals surface area contributed by atoms with Crippen LogP contribution in [0.5, 0.6) is 0 Å². The van der Waals surface area contributed by atoms with Crippen LogP contribution < -0.4 is 10.6 Å². The number of hydrogen-bond donors (Lipinski definition) is 2. The number of aliphatic imine (C=N–C) groups is 1. The van der Waals surface area contributed by atoms with Crippen LogP contribution in [0.1, 0.15) is 42.0 Å². The molecule has 4 rings (SSSR count). The van der Waals surface area contributed by atoms with Gasteiger partial charge >= 0.3 is 0 Å². The molecule has 0 bridgehead atoms. The highest BCUT2D eigenvalue weighted by atomic mass is 127.